The van der Waals surface area contributed by atoms with Crippen molar-refractivity contribution in [3.05, 3.63) is 59.2 Å². The highest BCUT2D eigenvalue weighted by molar-refractivity contribution is 5.30. The highest BCUT2D eigenvalue weighted by atomic mass is 19.1. The van der Waals surface area contributed by atoms with Crippen molar-refractivity contribution < 1.29 is 9.13 Å². The van der Waals surface area contributed by atoms with E-state index in [1.165, 1.54) is 12.1 Å². The van der Waals surface area contributed by atoms with E-state index in [0.29, 0.717) is 24.9 Å². The van der Waals surface area contributed by atoms with Gasteiger partial charge < -0.3 is 10.1 Å². The fraction of sp³-hybridized carbons (Fsp3) is 0.353. The van der Waals surface area contributed by atoms with E-state index in [4.69, 9.17) is 4.74 Å². The molecule has 3 nitrogen and oxygen atoms in total. The summed E-state index contributed by atoms with van der Waals surface area (Å²) in [7, 11) is 0. The van der Waals surface area contributed by atoms with E-state index in [2.05, 4.69) is 24.1 Å². The summed E-state index contributed by atoms with van der Waals surface area (Å²) in [6.45, 7) is 7.00. The molecule has 2 rings (SSSR count). The first kappa shape index (κ1) is 15.4. The summed E-state index contributed by atoms with van der Waals surface area (Å²) in [5, 5.41) is 3.26. The van der Waals surface area contributed by atoms with Crippen LogP contribution in [0.1, 0.15) is 30.8 Å². The summed E-state index contributed by atoms with van der Waals surface area (Å²) in [4.78, 5) is 4.36. The molecule has 0 saturated heterocycles. The Labute approximate surface area is 125 Å². The number of nitrogens with zero attached hydrogens (tertiary/aromatic N) is 1. The van der Waals surface area contributed by atoms with Crippen molar-refractivity contribution in [3.63, 3.8) is 0 Å². The van der Waals surface area contributed by atoms with Crippen molar-refractivity contribution in [2.24, 2.45) is 0 Å². The van der Waals surface area contributed by atoms with Crippen LogP contribution in [-0.2, 0) is 13.2 Å². The molecule has 0 spiro atoms. The standard InChI is InChI=1S/C17H21FN2O/c1-12(2)19-10-14-7-15(18)9-17(8-14)21-11-16-6-4-5-13(3)20-16/h4-9,12,19H,10-11H2,1-3H3. The van der Waals surface area contributed by atoms with Crippen molar-refractivity contribution in [1.82, 2.24) is 10.3 Å². The average molecular weight is 288 g/mol. The van der Waals surface area contributed by atoms with Gasteiger partial charge in [0.2, 0.25) is 0 Å². The molecule has 2 aromatic rings. The molecule has 0 radical (unpaired) electrons. The highest BCUT2D eigenvalue weighted by Gasteiger charge is 2.04. The topological polar surface area (TPSA) is 34.1 Å². The number of hydrogen-bond acceptors (Lipinski definition) is 3. The molecule has 1 aromatic heterocycles. The van der Waals surface area contributed by atoms with Crippen LogP contribution in [0.3, 0.4) is 0 Å². The number of ether oxygens (including phenoxy) is 1. The fourth-order valence-corrected chi connectivity index (χ4v) is 1.97. The zero-order valence-electron chi connectivity index (χ0n) is 12.7. The average Bonchev–Trinajstić information content (AvgIpc) is 2.43. The maximum Gasteiger partial charge on any atom is 0.130 e. The van der Waals surface area contributed by atoms with Gasteiger partial charge in [-0.3, -0.25) is 4.98 Å². The summed E-state index contributed by atoms with van der Waals surface area (Å²) in [5.74, 6) is 0.240. The van der Waals surface area contributed by atoms with E-state index in [-0.39, 0.29) is 5.82 Å². The molecule has 0 aliphatic heterocycles. The lowest BCUT2D eigenvalue weighted by Gasteiger charge is -2.11. The Morgan fingerprint density at radius 3 is 2.76 bits per heavy atom. The zero-order valence-corrected chi connectivity index (χ0v) is 12.7. The lowest BCUT2D eigenvalue weighted by molar-refractivity contribution is 0.299. The summed E-state index contributed by atoms with van der Waals surface area (Å²) in [6, 6.07) is 10.9. The van der Waals surface area contributed by atoms with Gasteiger partial charge in [0.05, 0.1) is 5.69 Å². The molecule has 0 aliphatic rings. The first-order valence-corrected chi connectivity index (χ1v) is 7.11. The molecule has 0 bridgehead atoms. The molecular weight excluding hydrogens is 267 g/mol. The van der Waals surface area contributed by atoms with Crippen LogP contribution in [0.2, 0.25) is 0 Å². The molecule has 0 saturated carbocycles. The summed E-state index contributed by atoms with van der Waals surface area (Å²) in [6.07, 6.45) is 0. The SMILES string of the molecule is Cc1cccc(COc2cc(F)cc(CNC(C)C)c2)n1. The molecule has 0 aliphatic carbocycles. The van der Waals surface area contributed by atoms with E-state index in [1.807, 2.05) is 31.2 Å². The van der Waals surface area contributed by atoms with Crippen molar-refractivity contribution in [2.45, 2.75) is 40.0 Å². The van der Waals surface area contributed by atoms with Gasteiger partial charge in [0.1, 0.15) is 18.2 Å². The quantitative estimate of drug-likeness (QED) is 0.881. The Hall–Kier alpha value is -1.94. The van der Waals surface area contributed by atoms with E-state index < -0.39 is 0 Å². The maximum atomic E-state index is 13.6. The van der Waals surface area contributed by atoms with Crippen molar-refractivity contribution in [1.29, 1.82) is 0 Å². The Morgan fingerprint density at radius 2 is 2.05 bits per heavy atom. The second kappa shape index (κ2) is 7.18. The number of nitrogens with one attached hydrogen (secondary N) is 1. The molecule has 21 heavy (non-hydrogen) atoms. The third-order valence-corrected chi connectivity index (χ3v) is 2.98. The van der Waals surface area contributed by atoms with Gasteiger partial charge >= 0.3 is 0 Å². The number of halogens is 1. The summed E-state index contributed by atoms with van der Waals surface area (Å²) in [5.41, 5.74) is 2.65. The molecule has 1 N–H and O–H groups in total. The number of rotatable bonds is 6. The Kier molecular flexibility index (Phi) is 5.28. The lowest BCUT2D eigenvalue weighted by Crippen LogP contribution is -2.21. The van der Waals surface area contributed by atoms with Crippen LogP contribution in [0.15, 0.2) is 36.4 Å². The number of aryl methyl sites for hydroxylation is 1. The third-order valence-electron chi connectivity index (χ3n) is 2.98. The van der Waals surface area contributed by atoms with Gasteiger partial charge in [0.25, 0.3) is 0 Å². The molecule has 1 heterocycles. The summed E-state index contributed by atoms with van der Waals surface area (Å²) < 4.78 is 19.3. The first-order valence-electron chi connectivity index (χ1n) is 7.11. The fourth-order valence-electron chi connectivity index (χ4n) is 1.97. The van der Waals surface area contributed by atoms with Crippen molar-refractivity contribution in [3.8, 4) is 5.75 Å². The zero-order chi connectivity index (χ0) is 15.2. The smallest absolute Gasteiger partial charge is 0.130 e. The Morgan fingerprint density at radius 1 is 1.24 bits per heavy atom. The molecule has 0 amide bonds. The number of pyridine rings is 1. The van der Waals surface area contributed by atoms with E-state index in [0.717, 1.165) is 17.0 Å². The minimum atomic E-state index is -0.287. The minimum absolute atomic E-state index is 0.287. The molecular formula is C17H21FN2O. The largest absolute Gasteiger partial charge is 0.487 e. The monoisotopic (exact) mass is 288 g/mol. The second-order valence-corrected chi connectivity index (χ2v) is 5.39. The van der Waals surface area contributed by atoms with E-state index in [9.17, 15) is 4.39 Å². The second-order valence-electron chi connectivity index (χ2n) is 5.39. The predicted molar refractivity (Wildman–Crippen MR) is 81.7 cm³/mol. The van der Waals surface area contributed by atoms with Crippen LogP contribution in [0.5, 0.6) is 5.75 Å². The Balaban J connectivity index is 2.02. The van der Waals surface area contributed by atoms with Crippen LogP contribution in [0, 0.1) is 12.7 Å². The number of aromatic nitrogens is 1. The van der Waals surface area contributed by atoms with Gasteiger partial charge in [-0.25, -0.2) is 4.39 Å². The van der Waals surface area contributed by atoms with E-state index >= 15 is 0 Å². The van der Waals surface area contributed by atoms with Gasteiger partial charge in [-0.15, -0.1) is 0 Å². The van der Waals surface area contributed by atoms with Crippen LogP contribution in [0.4, 0.5) is 4.39 Å². The Bertz CT molecular complexity index is 599. The van der Waals surface area contributed by atoms with Crippen LogP contribution < -0.4 is 10.1 Å². The minimum Gasteiger partial charge on any atom is -0.487 e. The van der Waals surface area contributed by atoms with Crippen LogP contribution in [0.25, 0.3) is 0 Å². The summed E-state index contributed by atoms with van der Waals surface area (Å²) >= 11 is 0. The van der Waals surface area contributed by atoms with Gasteiger partial charge in [0.15, 0.2) is 0 Å². The molecule has 0 fully saturated rings. The van der Waals surface area contributed by atoms with Gasteiger partial charge in [-0.05, 0) is 36.8 Å². The first-order chi connectivity index (χ1) is 10.0. The molecule has 112 valence electrons. The van der Waals surface area contributed by atoms with Crippen molar-refractivity contribution in [2.75, 3.05) is 0 Å². The maximum absolute atomic E-state index is 13.6. The predicted octanol–water partition coefficient (Wildman–Crippen LogP) is 3.61. The van der Waals surface area contributed by atoms with Gasteiger partial charge in [-0.1, -0.05) is 19.9 Å². The molecule has 0 atom stereocenters. The van der Waals surface area contributed by atoms with Gasteiger partial charge in [0, 0.05) is 24.3 Å². The van der Waals surface area contributed by atoms with Crippen molar-refractivity contribution >= 4 is 0 Å². The number of benzene rings is 1. The third kappa shape index (κ3) is 5.16. The normalized spacial score (nSPS) is 10.9. The van der Waals surface area contributed by atoms with E-state index in [1.54, 1.807) is 0 Å². The highest BCUT2D eigenvalue weighted by Crippen LogP contribution is 2.18. The molecule has 4 heteroatoms. The van der Waals surface area contributed by atoms with Crippen LogP contribution >= 0.6 is 0 Å². The van der Waals surface area contributed by atoms with Crippen LogP contribution in [-0.4, -0.2) is 11.0 Å². The van der Waals surface area contributed by atoms with Gasteiger partial charge in [-0.2, -0.15) is 0 Å². The molecule has 0 unspecified atom stereocenters. The number of hydrogen-bond donors (Lipinski definition) is 1. The lowest BCUT2D eigenvalue weighted by atomic mass is 10.2. The molecule has 1 aromatic carbocycles.